The van der Waals surface area contributed by atoms with Gasteiger partial charge in [-0.25, -0.2) is 31.1 Å². The monoisotopic (exact) mass is 677 g/mol. The Hall–Kier alpha value is -3.83. The second-order valence-electron chi connectivity index (χ2n) is 10.9. The Balaban J connectivity index is 0.00000177. The van der Waals surface area contributed by atoms with Crippen molar-refractivity contribution in [1.29, 1.82) is 0 Å². The number of fused-ring (bicyclic) bond motifs is 2. The number of anilines is 1. The van der Waals surface area contributed by atoms with E-state index in [2.05, 4.69) is 15.4 Å². The zero-order valence-corrected chi connectivity index (χ0v) is 27.9. The van der Waals surface area contributed by atoms with E-state index in [0.717, 1.165) is 10.8 Å². The SMILES string of the molecule is CC.CC.Cn1cc2c(c1C(=O)Nc1cc(F)c(F)c(F)c1)OCC1CN(C(=O)[C@H](CO)NC(=O)OC(C)(C)C)CC1NS2(=O)=O. The highest BCUT2D eigenvalue weighted by Crippen LogP contribution is 2.35. The number of aryl methyl sites for hydroxylation is 1. The number of alkyl carbamates (subject to hydrolysis) is 1. The molecule has 0 bridgehead atoms. The van der Waals surface area contributed by atoms with E-state index in [1.165, 1.54) is 11.9 Å². The van der Waals surface area contributed by atoms with E-state index in [1.807, 2.05) is 27.7 Å². The number of hydrogen-bond donors (Lipinski definition) is 4. The highest BCUT2D eigenvalue weighted by molar-refractivity contribution is 7.89. The number of halogens is 3. The molecule has 3 atom stereocenters. The largest absolute Gasteiger partial charge is 0.489 e. The van der Waals surface area contributed by atoms with Gasteiger partial charge in [-0.3, -0.25) is 9.59 Å². The van der Waals surface area contributed by atoms with Crippen molar-refractivity contribution in [2.24, 2.45) is 13.0 Å². The van der Waals surface area contributed by atoms with Crippen LogP contribution < -0.4 is 20.1 Å². The first-order valence-electron chi connectivity index (χ1n) is 14.7. The van der Waals surface area contributed by atoms with Crippen molar-refractivity contribution in [2.45, 2.75) is 71.0 Å². The lowest BCUT2D eigenvalue weighted by Gasteiger charge is -2.25. The van der Waals surface area contributed by atoms with Crippen LogP contribution in [0.2, 0.25) is 0 Å². The third-order valence-electron chi connectivity index (χ3n) is 6.52. The average molecular weight is 678 g/mol. The first-order chi connectivity index (χ1) is 21.5. The molecule has 1 saturated heterocycles. The number of aliphatic hydroxyl groups is 1. The molecular formula is C29H42F3N5O8S. The summed E-state index contributed by atoms with van der Waals surface area (Å²) in [5, 5.41) is 14.2. The molecule has 3 heterocycles. The van der Waals surface area contributed by atoms with Crippen molar-refractivity contribution in [3.63, 3.8) is 0 Å². The molecule has 0 aliphatic carbocycles. The van der Waals surface area contributed by atoms with Crippen LogP contribution in [-0.4, -0.2) is 84.9 Å². The minimum Gasteiger partial charge on any atom is -0.489 e. The van der Waals surface area contributed by atoms with Crippen LogP contribution in [0.5, 0.6) is 5.75 Å². The number of aliphatic hydroxyl groups excluding tert-OH is 1. The summed E-state index contributed by atoms with van der Waals surface area (Å²) in [7, 11) is -2.96. The molecular weight excluding hydrogens is 635 g/mol. The maximum atomic E-state index is 13.6. The quantitative estimate of drug-likeness (QED) is 0.350. The van der Waals surface area contributed by atoms with Gasteiger partial charge in [-0.1, -0.05) is 27.7 Å². The van der Waals surface area contributed by atoms with Crippen molar-refractivity contribution in [3.05, 3.63) is 41.5 Å². The normalized spacial score (nSPS) is 18.8. The molecule has 17 heteroatoms. The van der Waals surface area contributed by atoms with Crippen LogP contribution in [0.1, 0.15) is 59.0 Å². The maximum absolute atomic E-state index is 13.6. The molecule has 13 nitrogen and oxygen atoms in total. The second kappa shape index (κ2) is 15.6. The lowest BCUT2D eigenvalue weighted by atomic mass is 10.1. The first-order valence-corrected chi connectivity index (χ1v) is 16.2. The molecule has 2 unspecified atom stereocenters. The van der Waals surface area contributed by atoms with E-state index < -0.39 is 86.2 Å². The Morgan fingerprint density at radius 2 is 1.70 bits per heavy atom. The van der Waals surface area contributed by atoms with E-state index in [0.29, 0.717) is 12.1 Å². The van der Waals surface area contributed by atoms with Gasteiger partial charge in [0.25, 0.3) is 5.91 Å². The van der Waals surface area contributed by atoms with Gasteiger partial charge in [0.05, 0.1) is 13.2 Å². The molecule has 0 spiro atoms. The van der Waals surface area contributed by atoms with E-state index in [4.69, 9.17) is 9.47 Å². The van der Waals surface area contributed by atoms with Crippen LogP contribution in [0, 0.1) is 23.4 Å². The van der Waals surface area contributed by atoms with Crippen LogP contribution >= 0.6 is 0 Å². The number of carbonyl (C=O) groups excluding carboxylic acids is 3. The summed E-state index contributed by atoms with van der Waals surface area (Å²) in [4.78, 5) is 39.2. The molecule has 2 aliphatic rings. The summed E-state index contributed by atoms with van der Waals surface area (Å²) in [6.45, 7) is 11.9. The molecule has 2 aromatic rings. The standard InChI is InChI=1S/C25H30F3N5O8S.2C2H6/c1-25(2,3)41-24(37)30-17(10-34)23(36)33-7-12-11-40-21-18(42(38,39)31-16(12)8-33)9-32(4)20(21)22(35)29-13-5-14(26)19(28)15(27)6-13;2*1-2/h5-6,9,12,16-17,31,34H,7-8,10-11H2,1-4H3,(H,29,35)(H,30,37);2*1-2H3/t12?,16?,17-;;/m0../s1. The molecule has 258 valence electrons. The summed E-state index contributed by atoms with van der Waals surface area (Å²) in [5.41, 5.74) is -1.56. The van der Waals surface area contributed by atoms with Gasteiger partial charge >= 0.3 is 6.09 Å². The number of nitrogens with zero attached hydrogens (tertiary/aromatic N) is 2. The van der Waals surface area contributed by atoms with Gasteiger partial charge in [0.2, 0.25) is 15.9 Å². The topological polar surface area (TPSA) is 168 Å². The first kappa shape index (κ1) is 38.4. The summed E-state index contributed by atoms with van der Waals surface area (Å²) >= 11 is 0. The predicted molar refractivity (Wildman–Crippen MR) is 162 cm³/mol. The summed E-state index contributed by atoms with van der Waals surface area (Å²) in [5.74, 6) is -7.40. The fourth-order valence-electron chi connectivity index (χ4n) is 4.65. The third-order valence-corrected chi connectivity index (χ3v) is 8.00. The van der Waals surface area contributed by atoms with E-state index in [1.54, 1.807) is 20.8 Å². The molecule has 46 heavy (non-hydrogen) atoms. The number of sulfonamides is 1. The van der Waals surface area contributed by atoms with Crippen LogP contribution in [0.25, 0.3) is 0 Å². The van der Waals surface area contributed by atoms with Gasteiger partial charge in [-0.15, -0.1) is 0 Å². The Morgan fingerprint density at radius 1 is 1.11 bits per heavy atom. The summed E-state index contributed by atoms with van der Waals surface area (Å²) < 4.78 is 81.8. The Morgan fingerprint density at radius 3 is 2.24 bits per heavy atom. The van der Waals surface area contributed by atoms with Crippen LogP contribution in [0.3, 0.4) is 0 Å². The molecule has 1 aromatic carbocycles. The van der Waals surface area contributed by atoms with E-state index in [9.17, 15) is 41.1 Å². The fraction of sp³-hybridized carbons (Fsp3) is 0.552. The number of amides is 3. The van der Waals surface area contributed by atoms with Gasteiger partial charge in [-0.2, -0.15) is 0 Å². The van der Waals surface area contributed by atoms with Gasteiger partial charge in [0, 0.05) is 56.1 Å². The number of hydrogen-bond acceptors (Lipinski definition) is 8. The Bertz CT molecular complexity index is 1500. The average Bonchev–Trinajstić information content (AvgIpc) is 3.53. The smallest absolute Gasteiger partial charge is 0.408 e. The van der Waals surface area contributed by atoms with Gasteiger partial charge in [0.15, 0.2) is 28.9 Å². The lowest BCUT2D eigenvalue weighted by Crippen LogP contribution is -2.51. The Kier molecular flexibility index (Phi) is 13.0. The number of ether oxygens (including phenoxy) is 2. The zero-order chi connectivity index (χ0) is 35.1. The van der Waals surface area contributed by atoms with E-state index in [-0.39, 0.29) is 31.1 Å². The number of carbonyl (C=O) groups is 3. The zero-order valence-electron chi connectivity index (χ0n) is 27.0. The van der Waals surface area contributed by atoms with Crippen molar-refractivity contribution in [2.75, 3.05) is 31.6 Å². The van der Waals surface area contributed by atoms with Crippen molar-refractivity contribution >= 4 is 33.6 Å². The number of benzene rings is 1. The van der Waals surface area contributed by atoms with Gasteiger partial charge in [-0.05, 0) is 20.8 Å². The molecule has 4 rings (SSSR count). The van der Waals surface area contributed by atoms with Crippen LogP contribution in [-0.2, 0) is 26.6 Å². The second-order valence-corrected chi connectivity index (χ2v) is 12.6. The van der Waals surface area contributed by atoms with Gasteiger partial charge < -0.3 is 34.7 Å². The minimum atomic E-state index is -4.32. The Labute approximate surface area is 266 Å². The molecule has 0 radical (unpaired) electrons. The van der Waals surface area contributed by atoms with E-state index >= 15 is 0 Å². The molecule has 0 saturated carbocycles. The number of aromatic nitrogens is 1. The van der Waals surface area contributed by atoms with Crippen LogP contribution in [0.4, 0.5) is 23.7 Å². The van der Waals surface area contributed by atoms with Crippen molar-refractivity contribution in [3.8, 4) is 5.75 Å². The minimum absolute atomic E-state index is 0.0175. The highest BCUT2D eigenvalue weighted by Gasteiger charge is 2.43. The number of nitrogens with one attached hydrogen (secondary N) is 3. The fourth-order valence-corrected chi connectivity index (χ4v) is 6.14. The molecule has 4 N–H and O–H groups in total. The number of rotatable bonds is 5. The molecule has 2 aliphatic heterocycles. The molecule has 1 aromatic heterocycles. The number of likely N-dealkylation sites (tertiary alicyclic amines) is 1. The third kappa shape index (κ3) is 8.91. The summed E-state index contributed by atoms with van der Waals surface area (Å²) in [6.07, 6.45) is 0.195. The van der Waals surface area contributed by atoms with Crippen molar-refractivity contribution in [1.82, 2.24) is 19.5 Å². The predicted octanol–water partition coefficient (Wildman–Crippen LogP) is 3.13. The van der Waals surface area contributed by atoms with Crippen molar-refractivity contribution < 1.29 is 50.6 Å². The molecule has 1 fully saturated rings. The maximum Gasteiger partial charge on any atom is 0.408 e. The highest BCUT2D eigenvalue weighted by atomic mass is 32.2. The summed E-state index contributed by atoms with van der Waals surface area (Å²) in [6, 6.07) is -1.03. The van der Waals surface area contributed by atoms with Gasteiger partial charge in [0.1, 0.15) is 16.5 Å². The molecule has 3 amide bonds. The lowest BCUT2D eigenvalue weighted by molar-refractivity contribution is -0.133. The van der Waals surface area contributed by atoms with Crippen LogP contribution in [0.15, 0.2) is 23.2 Å².